The molecule has 0 aromatic carbocycles. The van der Waals surface area contributed by atoms with E-state index in [0.717, 1.165) is 12.0 Å². The summed E-state index contributed by atoms with van der Waals surface area (Å²) in [5.41, 5.74) is 2.03. The zero-order valence-electron chi connectivity index (χ0n) is 10.6. The largest absolute Gasteiger partial charge is 0.478 e. The fourth-order valence-electron chi connectivity index (χ4n) is 1.83. The molecule has 0 bridgehead atoms. The number of carboxylic acids is 1. The predicted molar refractivity (Wildman–Crippen MR) is 72.4 cm³/mol. The molecule has 98 valence electrons. The van der Waals surface area contributed by atoms with Crippen LogP contribution in [0.5, 0.6) is 0 Å². The van der Waals surface area contributed by atoms with Gasteiger partial charge in [-0.1, -0.05) is 6.07 Å². The van der Waals surface area contributed by atoms with Crippen LogP contribution in [0, 0.1) is 6.92 Å². The maximum atomic E-state index is 11.2. The van der Waals surface area contributed by atoms with Crippen LogP contribution >= 0.6 is 0 Å². The van der Waals surface area contributed by atoms with Gasteiger partial charge in [-0.25, -0.2) is 9.78 Å². The first-order valence-corrected chi connectivity index (χ1v) is 6.00. The molecule has 2 aromatic rings. The predicted octanol–water partition coefficient (Wildman–Crippen LogP) is 2.14. The first-order chi connectivity index (χ1) is 9.18. The molecule has 2 N–H and O–H groups in total. The molecule has 2 aromatic heterocycles. The molecule has 0 fully saturated rings. The molecule has 5 heteroatoms. The maximum Gasteiger partial charge on any atom is 0.339 e. The van der Waals surface area contributed by atoms with Gasteiger partial charge >= 0.3 is 5.97 Å². The molecule has 0 spiro atoms. The number of aryl methyl sites for hydroxylation is 1. The van der Waals surface area contributed by atoms with Crippen molar-refractivity contribution in [2.75, 3.05) is 11.9 Å². The Balaban J connectivity index is 2.04. The minimum atomic E-state index is -0.963. The van der Waals surface area contributed by atoms with Crippen LogP contribution < -0.4 is 5.32 Å². The van der Waals surface area contributed by atoms with Gasteiger partial charge < -0.3 is 10.4 Å². The number of hydrogen-bond donors (Lipinski definition) is 2. The van der Waals surface area contributed by atoms with E-state index in [1.807, 2.05) is 12.1 Å². The van der Waals surface area contributed by atoms with E-state index in [0.29, 0.717) is 17.9 Å². The Morgan fingerprint density at radius 2 is 2.21 bits per heavy atom. The van der Waals surface area contributed by atoms with Crippen LogP contribution in [0.15, 0.2) is 36.8 Å². The number of nitrogens with zero attached hydrogens (tertiary/aromatic N) is 2. The molecule has 0 unspecified atom stereocenters. The van der Waals surface area contributed by atoms with Crippen molar-refractivity contribution in [1.29, 1.82) is 0 Å². The van der Waals surface area contributed by atoms with E-state index in [2.05, 4.69) is 15.3 Å². The number of rotatable bonds is 5. The highest BCUT2D eigenvalue weighted by Gasteiger charge is 2.13. The van der Waals surface area contributed by atoms with Gasteiger partial charge in [-0.2, -0.15) is 0 Å². The van der Waals surface area contributed by atoms with E-state index >= 15 is 0 Å². The average Bonchev–Trinajstić information content (AvgIpc) is 2.39. The van der Waals surface area contributed by atoms with Gasteiger partial charge in [-0.15, -0.1) is 0 Å². The van der Waals surface area contributed by atoms with Gasteiger partial charge in [0.15, 0.2) is 0 Å². The Hall–Kier alpha value is -2.43. The number of aromatic carboxylic acids is 1. The molecule has 2 rings (SSSR count). The Morgan fingerprint density at radius 3 is 2.89 bits per heavy atom. The lowest BCUT2D eigenvalue weighted by Gasteiger charge is -2.10. The van der Waals surface area contributed by atoms with Crippen molar-refractivity contribution in [3.8, 4) is 0 Å². The summed E-state index contributed by atoms with van der Waals surface area (Å²) in [5, 5.41) is 12.2. The summed E-state index contributed by atoms with van der Waals surface area (Å²) in [6.07, 6.45) is 5.89. The van der Waals surface area contributed by atoms with E-state index in [-0.39, 0.29) is 5.56 Å². The molecule has 0 amide bonds. The monoisotopic (exact) mass is 257 g/mol. The molecule has 0 saturated carbocycles. The summed E-state index contributed by atoms with van der Waals surface area (Å²) in [6, 6.07) is 5.55. The summed E-state index contributed by atoms with van der Waals surface area (Å²) in [6.45, 7) is 2.37. The lowest BCUT2D eigenvalue weighted by Crippen LogP contribution is -2.12. The Labute approximate surface area is 111 Å². The van der Waals surface area contributed by atoms with E-state index in [1.54, 1.807) is 31.6 Å². The zero-order chi connectivity index (χ0) is 13.7. The van der Waals surface area contributed by atoms with Gasteiger partial charge in [-0.05, 0) is 36.6 Å². The second-order valence-corrected chi connectivity index (χ2v) is 4.19. The maximum absolute atomic E-state index is 11.2. The number of nitrogens with one attached hydrogen (secondary N) is 1. The number of hydrogen-bond acceptors (Lipinski definition) is 4. The quantitative estimate of drug-likeness (QED) is 0.858. The van der Waals surface area contributed by atoms with E-state index in [9.17, 15) is 9.90 Å². The van der Waals surface area contributed by atoms with Crippen LogP contribution in [0.1, 0.15) is 21.5 Å². The fourth-order valence-corrected chi connectivity index (χ4v) is 1.83. The summed E-state index contributed by atoms with van der Waals surface area (Å²) < 4.78 is 0. The normalized spacial score (nSPS) is 10.2. The van der Waals surface area contributed by atoms with Crippen molar-refractivity contribution < 1.29 is 9.90 Å². The molecular formula is C14H15N3O2. The molecule has 2 heterocycles. The number of carbonyl (C=O) groups is 1. The number of carboxylic acid groups (broad SMARTS) is 1. The smallest absolute Gasteiger partial charge is 0.339 e. The molecule has 0 saturated heterocycles. The second kappa shape index (κ2) is 5.95. The molecule has 0 aliphatic heterocycles. The minimum absolute atomic E-state index is 0.230. The molecule has 0 radical (unpaired) electrons. The number of aromatic nitrogens is 2. The second-order valence-electron chi connectivity index (χ2n) is 4.19. The van der Waals surface area contributed by atoms with Gasteiger partial charge in [0.05, 0.1) is 0 Å². The van der Waals surface area contributed by atoms with Crippen molar-refractivity contribution >= 4 is 11.8 Å². The number of anilines is 1. The van der Waals surface area contributed by atoms with Crippen molar-refractivity contribution in [2.45, 2.75) is 13.3 Å². The SMILES string of the molecule is Cc1ccnc(NCCc2cccnc2)c1C(=O)O. The minimum Gasteiger partial charge on any atom is -0.478 e. The molecule has 0 aliphatic carbocycles. The van der Waals surface area contributed by atoms with Gasteiger partial charge in [0.1, 0.15) is 11.4 Å². The Morgan fingerprint density at radius 1 is 1.37 bits per heavy atom. The first kappa shape index (κ1) is 13.0. The summed E-state index contributed by atoms with van der Waals surface area (Å²) in [7, 11) is 0. The fraction of sp³-hybridized carbons (Fsp3) is 0.214. The average molecular weight is 257 g/mol. The van der Waals surface area contributed by atoms with Crippen molar-refractivity contribution in [3.63, 3.8) is 0 Å². The van der Waals surface area contributed by atoms with E-state index < -0.39 is 5.97 Å². The number of pyridine rings is 2. The third kappa shape index (κ3) is 3.28. The van der Waals surface area contributed by atoms with E-state index in [4.69, 9.17) is 0 Å². The van der Waals surface area contributed by atoms with E-state index in [1.165, 1.54) is 0 Å². The van der Waals surface area contributed by atoms with Crippen LogP contribution in [-0.2, 0) is 6.42 Å². The molecule has 5 nitrogen and oxygen atoms in total. The van der Waals surface area contributed by atoms with Crippen molar-refractivity contribution in [3.05, 3.63) is 53.5 Å². The lowest BCUT2D eigenvalue weighted by molar-refractivity contribution is 0.0697. The topological polar surface area (TPSA) is 75.1 Å². The van der Waals surface area contributed by atoms with Gasteiger partial charge in [-0.3, -0.25) is 4.98 Å². The lowest BCUT2D eigenvalue weighted by atomic mass is 10.1. The standard InChI is InChI=1S/C14H15N3O2/c1-10-4-7-16-13(12(10)14(18)19)17-8-5-11-3-2-6-15-9-11/h2-4,6-7,9H,5,8H2,1H3,(H,16,17)(H,18,19). The Bertz CT molecular complexity index is 570. The van der Waals surface area contributed by atoms with Crippen molar-refractivity contribution in [1.82, 2.24) is 9.97 Å². The summed E-state index contributed by atoms with van der Waals surface area (Å²) in [5.74, 6) is -0.550. The molecule has 0 atom stereocenters. The van der Waals surface area contributed by atoms with Crippen molar-refractivity contribution in [2.24, 2.45) is 0 Å². The van der Waals surface area contributed by atoms with Crippen LogP contribution in [0.4, 0.5) is 5.82 Å². The molecule has 19 heavy (non-hydrogen) atoms. The summed E-state index contributed by atoms with van der Waals surface area (Å²) >= 11 is 0. The van der Waals surface area contributed by atoms with Gasteiger partial charge in [0.25, 0.3) is 0 Å². The highest BCUT2D eigenvalue weighted by Crippen LogP contribution is 2.16. The van der Waals surface area contributed by atoms with Crippen LogP contribution in [0.3, 0.4) is 0 Å². The third-order valence-electron chi connectivity index (χ3n) is 2.80. The third-order valence-corrected chi connectivity index (χ3v) is 2.80. The van der Waals surface area contributed by atoms with Crippen LogP contribution in [0.2, 0.25) is 0 Å². The van der Waals surface area contributed by atoms with Crippen LogP contribution in [-0.4, -0.2) is 27.6 Å². The summed E-state index contributed by atoms with van der Waals surface area (Å²) in [4.78, 5) is 19.3. The van der Waals surface area contributed by atoms with Crippen LogP contribution in [0.25, 0.3) is 0 Å². The molecular weight excluding hydrogens is 242 g/mol. The highest BCUT2D eigenvalue weighted by molar-refractivity contribution is 5.94. The molecule has 0 aliphatic rings. The zero-order valence-corrected chi connectivity index (χ0v) is 10.6. The van der Waals surface area contributed by atoms with Gasteiger partial charge in [0.2, 0.25) is 0 Å². The Kier molecular flexibility index (Phi) is 4.07. The van der Waals surface area contributed by atoms with Gasteiger partial charge in [0, 0.05) is 25.1 Å². The highest BCUT2D eigenvalue weighted by atomic mass is 16.4. The first-order valence-electron chi connectivity index (χ1n) is 6.00.